The topological polar surface area (TPSA) is 49.8 Å². The molecular formula is C17H31NO3. The lowest BCUT2D eigenvalue weighted by Gasteiger charge is -2.51. The van der Waals surface area contributed by atoms with Crippen LogP contribution in [-0.2, 0) is 9.53 Å². The fourth-order valence-corrected chi connectivity index (χ4v) is 4.02. The van der Waals surface area contributed by atoms with Gasteiger partial charge in [0, 0.05) is 23.9 Å². The third-order valence-corrected chi connectivity index (χ3v) is 5.23. The van der Waals surface area contributed by atoms with Gasteiger partial charge in [0.05, 0.1) is 5.92 Å². The van der Waals surface area contributed by atoms with Gasteiger partial charge < -0.3 is 9.94 Å². The van der Waals surface area contributed by atoms with Crippen LogP contribution >= 0.6 is 0 Å². The molecule has 0 spiro atoms. The van der Waals surface area contributed by atoms with Crippen molar-refractivity contribution < 1.29 is 14.7 Å². The third-order valence-electron chi connectivity index (χ3n) is 5.23. The summed E-state index contributed by atoms with van der Waals surface area (Å²) in [4.78, 5) is 12.4. The van der Waals surface area contributed by atoms with Gasteiger partial charge in [-0.3, -0.25) is 4.79 Å². The van der Waals surface area contributed by atoms with E-state index >= 15 is 0 Å². The number of esters is 1. The van der Waals surface area contributed by atoms with E-state index in [0.717, 1.165) is 31.6 Å². The molecule has 0 bridgehead atoms. The Morgan fingerprint density at radius 2 is 1.52 bits per heavy atom. The van der Waals surface area contributed by atoms with E-state index < -0.39 is 0 Å². The van der Waals surface area contributed by atoms with Crippen LogP contribution in [0, 0.1) is 11.8 Å². The number of piperidine rings is 1. The Morgan fingerprint density at radius 3 is 2.00 bits per heavy atom. The molecule has 2 fully saturated rings. The van der Waals surface area contributed by atoms with E-state index in [1.54, 1.807) is 0 Å². The van der Waals surface area contributed by atoms with Gasteiger partial charge in [-0.15, -0.1) is 0 Å². The molecule has 0 amide bonds. The van der Waals surface area contributed by atoms with Crippen molar-refractivity contribution in [1.29, 1.82) is 0 Å². The molecule has 4 nitrogen and oxygen atoms in total. The first-order valence-corrected chi connectivity index (χ1v) is 8.31. The highest BCUT2D eigenvalue weighted by molar-refractivity contribution is 5.72. The summed E-state index contributed by atoms with van der Waals surface area (Å²) in [5, 5.41) is 11.7. The standard InChI is InChI=1S/C17H31NO3/c1-12-6-8-13(9-7-12)15(19)21-14-10-16(2,3)18(20)17(4,5)11-14/h12-14,20H,6-11H2,1-5H3. The van der Waals surface area contributed by atoms with Gasteiger partial charge in [0.2, 0.25) is 0 Å². The molecule has 0 aromatic rings. The Bertz CT molecular complexity index is 365. The van der Waals surface area contributed by atoms with E-state index in [1.807, 2.05) is 27.7 Å². The summed E-state index contributed by atoms with van der Waals surface area (Å²) < 4.78 is 5.81. The summed E-state index contributed by atoms with van der Waals surface area (Å²) in [5.41, 5.74) is -0.735. The second-order valence-electron chi connectivity index (χ2n) is 8.36. The molecule has 0 aromatic heterocycles. The monoisotopic (exact) mass is 297 g/mol. The number of hydroxylamine groups is 2. The minimum Gasteiger partial charge on any atom is -0.462 e. The number of carbonyl (C=O) groups is 1. The van der Waals surface area contributed by atoms with Gasteiger partial charge in [0.15, 0.2) is 0 Å². The van der Waals surface area contributed by atoms with E-state index in [1.165, 1.54) is 5.06 Å². The summed E-state index contributed by atoms with van der Waals surface area (Å²) in [6.07, 6.45) is 5.46. The maximum Gasteiger partial charge on any atom is 0.309 e. The molecule has 0 aromatic carbocycles. The minimum atomic E-state index is -0.367. The summed E-state index contributed by atoms with van der Waals surface area (Å²) >= 11 is 0. The van der Waals surface area contributed by atoms with Crippen molar-refractivity contribution in [1.82, 2.24) is 5.06 Å². The van der Waals surface area contributed by atoms with Crippen molar-refractivity contribution in [2.24, 2.45) is 11.8 Å². The lowest BCUT2D eigenvalue weighted by Crippen LogP contribution is -2.60. The fourth-order valence-electron chi connectivity index (χ4n) is 4.02. The van der Waals surface area contributed by atoms with Gasteiger partial charge in [-0.05, 0) is 59.3 Å². The molecule has 0 atom stereocenters. The highest BCUT2D eigenvalue weighted by atomic mass is 16.5. The molecule has 1 aliphatic heterocycles. The SMILES string of the molecule is CC1CCC(C(=O)OC2CC(C)(C)N(O)C(C)(C)C2)CC1. The zero-order valence-electron chi connectivity index (χ0n) is 14.2. The maximum atomic E-state index is 12.4. The molecule has 0 radical (unpaired) electrons. The van der Waals surface area contributed by atoms with Crippen LogP contribution in [0.2, 0.25) is 0 Å². The molecule has 122 valence electrons. The maximum absolute atomic E-state index is 12.4. The zero-order valence-corrected chi connectivity index (χ0v) is 14.2. The summed E-state index contributed by atoms with van der Waals surface area (Å²) in [6, 6.07) is 0. The average molecular weight is 297 g/mol. The van der Waals surface area contributed by atoms with Crippen LogP contribution in [0.1, 0.15) is 73.1 Å². The number of nitrogens with zero attached hydrogens (tertiary/aromatic N) is 1. The van der Waals surface area contributed by atoms with Gasteiger partial charge in [-0.1, -0.05) is 6.92 Å². The summed E-state index contributed by atoms with van der Waals surface area (Å²) in [6.45, 7) is 10.2. The van der Waals surface area contributed by atoms with Crippen LogP contribution in [-0.4, -0.2) is 33.4 Å². The first kappa shape index (κ1) is 16.8. The van der Waals surface area contributed by atoms with Gasteiger partial charge in [-0.2, -0.15) is 5.06 Å². The molecule has 4 heteroatoms. The Balaban J connectivity index is 1.95. The quantitative estimate of drug-likeness (QED) is 0.788. The van der Waals surface area contributed by atoms with Crippen molar-refractivity contribution in [2.45, 2.75) is 90.3 Å². The molecule has 2 aliphatic rings. The first-order chi connectivity index (χ1) is 9.62. The van der Waals surface area contributed by atoms with E-state index in [4.69, 9.17) is 4.74 Å². The van der Waals surface area contributed by atoms with Crippen molar-refractivity contribution in [3.63, 3.8) is 0 Å². The van der Waals surface area contributed by atoms with E-state index in [9.17, 15) is 10.0 Å². The van der Waals surface area contributed by atoms with E-state index in [2.05, 4.69) is 6.92 Å². The Hall–Kier alpha value is -0.610. The lowest BCUT2D eigenvalue weighted by molar-refractivity contribution is -0.260. The van der Waals surface area contributed by atoms with Gasteiger partial charge in [0.1, 0.15) is 6.10 Å². The molecule has 0 unspecified atom stereocenters. The van der Waals surface area contributed by atoms with Gasteiger partial charge in [-0.25, -0.2) is 0 Å². The van der Waals surface area contributed by atoms with Gasteiger partial charge >= 0.3 is 5.97 Å². The van der Waals surface area contributed by atoms with Crippen LogP contribution in [0.4, 0.5) is 0 Å². The van der Waals surface area contributed by atoms with Crippen LogP contribution in [0.15, 0.2) is 0 Å². The zero-order chi connectivity index (χ0) is 15.8. The molecular weight excluding hydrogens is 266 g/mol. The Kier molecular flexibility index (Phi) is 4.69. The summed E-state index contributed by atoms with van der Waals surface area (Å²) in [5.74, 6) is 0.800. The predicted molar refractivity (Wildman–Crippen MR) is 82.0 cm³/mol. The highest BCUT2D eigenvalue weighted by Crippen LogP contribution is 2.38. The van der Waals surface area contributed by atoms with E-state index in [-0.39, 0.29) is 29.1 Å². The van der Waals surface area contributed by atoms with Crippen molar-refractivity contribution >= 4 is 5.97 Å². The van der Waals surface area contributed by atoms with Crippen LogP contribution in [0.5, 0.6) is 0 Å². The Labute approximate surface area is 128 Å². The number of carbonyl (C=O) groups excluding carboxylic acids is 1. The fraction of sp³-hybridized carbons (Fsp3) is 0.941. The number of ether oxygens (including phenoxy) is 1. The lowest BCUT2D eigenvalue weighted by atomic mass is 9.80. The average Bonchev–Trinajstić information content (AvgIpc) is 2.36. The molecule has 1 N–H and O–H groups in total. The first-order valence-electron chi connectivity index (χ1n) is 8.31. The highest BCUT2D eigenvalue weighted by Gasteiger charge is 2.46. The molecule has 2 rings (SSSR count). The van der Waals surface area contributed by atoms with Crippen molar-refractivity contribution in [3.05, 3.63) is 0 Å². The van der Waals surface area contributed by atoms with Crippen LogP contribution in [0.25, 0.3) is 0 Å². The largest absolute Gasteiger partial charge is 0.462 e. The molecule has 1 heterocycles. The number of rotatable bonds is 2. The normalized spacial score (nSPS) is 33.6. The van der Waals surface area contributed by atoms with Crippen molar-refractivity contribution in [2.75, 3.05) is 0 Å². The smallest absolute Gasteiger partial charge is 0.309 e. The molecule has 21 heavy (non-hydrogen) atoms. The second-order valence-corrected chi connectivity index (χ2v) is 8.36. The predicted octanol–water partition coefficient (Wildman–Crippen LogP) is 3.77. The second kappa shape index (κ2) is 5.88. The number of hydrogen-bond acceptors (Lipinski definition) is 4. The third kappa shape index (κ3) is 3.78. The molecule has 1 saturated heterocycles. The minimum absolute atomic E-state index is 0.0233. The van der Waals surface area contributed by atoms with Crippen LogP contribution < -0.4 is 0 Å². The summed E-state index contributed by atoms with van der Waals surface area (Å²) in [7, 11) is 0. The number of hydrogen-bond donors (Lipinski definition) is 1. The Morgan fingerprint density at radius 1 is 1.05 bits per heavy atom. The van der Waals surface area contributed by atoms with Gasteiger partial charge in [0.25, 0.3) is 0 Å². The van der Waals surface area contributed by atoms with E-state index in [0.29, 0.717) is 12.8 Å². The molecule has 1 aliphatic carbocycles. The molecule has 1 saturated carbocycles. The van der Waals surface area contributed by atoms with Crippen LogP contribution in [0.3, 0.4) is 0 Å². The van der Waals surface area contributed by atoms with Crippen molar-refractivity contribution in [3.8, 4) is 0 Å².